The second kappa shape index (κ2) is 11.4. The summed E-state index contributed by atoms with van der Waals surface area (Å²) in [6.07, 6.45) is 5.63. The minimum absolute atomic E-state index is 0.0359. The topological polar surface area (TPSA) is 137 Å². The molecule has 13 heteroatoms. The number of nitrogens with zero attached hydrogens (tertiary/aromatic N) is 8. The van der Waals surface area contributed by atoms with Crippen LogP contribution in [0, 0.1) is 23.2 Å². The SMILES string of the molecule is CC(C)Nc1cc(-c2ccc3cc(C#N)cnn23)ncc1-c1nnc(N2C[C@H]3CC[C@@H](C2)C3NC(=O)N2CCOCC2)s1. The number of piperidine rings is 1. The van der Waals surface area contributed by atoms with Gasteiger partial charge in [-0.3, -0.25) is 4.98 Å². The summed E-state index contributed by atoms with van der Waals surface area (Å²) >= 11 is 1.58. The third-order valence-corrected chi connectivity index (χ3v) is 9.59. The third kappa shape index (κ3) is 5.36. The van der Waals surface area contributed by atoms with E-state index in [9.17, 15) is 10.1 Å². The summed E-state index contributed by atoms with van der Waals surface area (Å²) in [6, 6.07) is 10.3. The lowest BCUT2D eigenvalue weighted by Gasteiger charge is -2.39. The molecule has 2 N–H and O–H groups in total. The van der Waals surface area contributed by atoms with Crippen LogP contribution in [0.25, 0.3) is 27.5 Å². The first-order valence-corrected chi connectivity index (χ1v) is 15.7. The summed E-state index contributed by atoms with van der Waals surface area (Å²) in [5.74, 6) is 0.787. The van der Waals surface area contributed by atoms with Gasteiger partial charge in [0.05, 0.1) is 47.4 Å². The molecule has 43 heavy (non-hydrogen) atoms. The second-order valence-electron chi connectivity index (χ2n) is 11.8. The zero-order valence-electron chi connectivity index (χ0n) is 24.2. The number of fused-ring (bicyclic) bond motifs is 3. The Morgan fingerprint density at radius 3 is 2.65 bits per heavy atom. The number of hydrogen-bond donors (Lipinski definition) is 2. The van der Waals surface area contributed by atoms with Crippen molar-refractivity contribution in [3.63, 3.8) is 0 Å². The highest BCUT2D eigenvalue weighted by atomic mass is 32.1. The van der Waals surface area contributed by atoms with Gasteiger partial charge in [0.25, 0.3) is 0 Å². The normalized spacial score (nSPS) is 21.8. The summed E-state index contributed by atoms with van der Waals surface area (Å²) < 4.78 is 7.20. The molecule has 222 valence electrons. The minimum Gasteiger partial charge on any atom is -0.382 e. The second-order valence-corrected chi connectivity index (χ2v) is 12.7. The van der Waals surface area contributed by atoms with Crippen LogP contribution in [0.3, 0.4) is 0 Å². The molecule has 3 aliphatic rings. The van der Waals surface area contributed by atoms with Crippen molar-refractivity contribution < 1.29 is 9.53 Å². The molecule has 1 aliphatic carbocycles. The average Bonchev–Trinajstić information content (AvgIpc) is 3.73. The molecule has 12 nitrogen and oxygen atoms in total. The van der Waals surface area contributed by atoms with Crippen molar-refractivity contribution in [2.24, 2.45) is 11.8 Å². The van der Waals surface area contributed by atoms with Crippen LogP contribution in [0.5, 0.6) is 0 Å². The molecule has 0 radical (unpaired) electrons. The van der Waals surface area contributed by atoms with Crippen LogP contribution in [0.1, 0.15) is 32.3 Å². The van der Waals surface area contributed by atoms with Crippen molar-refractivity contribution in [1.82, 2.24) is 35.0 Å². The van der Waals surface area contributed by atoms with Crippen LogP contribution < -0.4 is 15.5 Å². The lowest BCUT2D eigenvalue weighted by atomic mass is 9.92. The molecule has 1 saturated carbocycles. The monoisotopic (exact) mass is 598 g/mol. The number of carbonyl (C=O) groups excluding carboxylic acids is 1. The lowest BCUT2D eigenvalue weighted by molar-refractivity contribution is 0.0515. The quantitative estimate of drug-likeness (QED) is 0.339. The molecule has 4 aromatic heterocycles. The summed E-state index contributed by atoms with van der Waals surface area (Å²) in [4.78, 5) is 21.9. The number of aromatic nitrogens is 5. The zero-order valence-corrected chi connectivity index (χ0v) is 25.0. The maximum atomic E-state index is 12.9. The number of morpholine rings is 1. The number of ether oxygens (including phenoxy) is 1. The molecule has 3 fully saturated rings. The molecule has 4 aromatic rings. The van der Waals surface area contributed by atoms with Gasteiger partial charge in [0.1, 0.15) is 6.07 Å². The third-order valence-electron chi connectivity index (χ3n) is 8.58. The largest absolute Gasteiger partial charge is 0.382 e. The molecule has 6 heterocycles. The van der Waals surface area contributed by atoms with Crippen molar-refractivity contribution in [3.05, 3.63) is 42.2 Å². The molecule has 7 rings (SSSR count). The number of nitrogens with one attached hydrogen (secondary N) is 2. The van der Waals surface area contributed by atoms with Gasteiger partial charge in [-0.15, -0.1) is 10.2 Å². The summed E-state index contributed by atoms with van der Waals surface area (Å²) in [5.41, 5.74) is 4.80. The van der Waals surface area contributed by atoms with Crippen LogP contribution in [0.4, 0.5) is 15.6 Å². The first-order valence-electron chi connectivity index (χ1n) is 14.8. The molecule has 3 atom stereocenters. The number of pyridine rings is 1. The van der Waals surface area contributed by atoms with E-state index >= 15 is 0 Å². The van der Waals surface area contributed by atoms with Crippen molar-refractivity contribution >= 4 is 33.7 Å². The fraction of sp³-hybridized carbons (Fsp3) is 0.467. The molecule has 0 aromatic carbocycles. The smallest absolute Gasteiger partial charge is 0.317 e. The van der Waals surface area contributed by atoms with Gasteiger partial charge in [-0.25, -0.2) is 9.31 Å². The van der Waals surface area contributed by atoms with Crippen LogP contribution in [0.2, 0.25) is 0 Å². The van der Waals surface area contributed by atoms with E-state index in [-0.39, 0.29) is 18.1 Å². The number of hydrogen-bond acceptors (Lipinski definition) is 10. The van der Waals surface area contributed by atoms with Gasteiger partial charge in [0.2, 0.25) is 5.13 Å². The molecule has 2 saturated heterocycles. The number of carbonyl (C=O) groups is 1. The van der Waals surface area contributed by atoms with Gasteiger partial charge in [-0.05, 0) is 62.8 Å². The van der Waals surface area contributed by atoms with Crippen molar-refractivity contribution in [3.8, 4) is 28.0 Å². The fourth-order valence-corrected chi connectivity index (χ4v) is 7.40. The zero-order chi connectivity index (χ0) is 29.5. The Morgan fingerprint density at radius 2 is 1.91 bits per heavy atom. The van der Waals surface area contributed by atoms with Gasteiger partial charge in [-0.2, -0.15) is 10.4 Å². The van der Waals surface area contributed by atoms with Crippen LogP contribution >= 0.6 is 11.3 Å². The summed E-state index contributed by atoms with van der Waals surface area (Å²) in [7, 11) is 0. The van der Waals surface area contributed by atoms with Crippen molar-refractivity contribution in [1.29, 1.82) is 5.26 Å². The summed E-state index contributed by atoms with van der Waals surface area (Å²) in [6.45, 7) is 8.43. The van der Waals surface area contributed by atoms with Crippen molar-refractivity contribution in [2.75, 3.05) is 49.6 Å². The van der Waals surface area contributed by atoms with Crippen LogP contribution in [-0.4, -0.2) is 87.2 Å². The Labute approximate surface area is 253 Å². The highest BCUT2D eigenvalue weighted by Gasteiger charge is 2.44. The Hall–Kier alpha value is -4.28. The van der Waals surface area contributed by atoms with Gasteiger partial charge < -0.3 is 25.2 Å². The van der Waals surface area contributed by atoms with E-state index < -0.39 is 0 Å². The lowest BCUT2D eigenvalue weighted by Crippen LogP contribution is -2.56. The standard InChI is InChI=1S/C30H34N10O2S/c1-18(2)34-24-12-25(26-6-5-22-11-19(13-31)14-33-40(22)26)32-15-23(24)28-36-37-30(43-28)39-16-20-3-4-21(17-39)27(20)35-29(41)38-7-9-42-10-8-38/h5-6,11-12,14-15,18,20-21,27H,3-4,7-10,16-17H2,1-2H3,(H,32,34)(H,35,41)/t20-,21+,27?. The molecular weight excluding hydrogens is 564 g/mol. The van der Waals surface area contributed by atoms with E-state index in [4.69, 9.17) is 9.72 Å². The summed E-state index contributed by atoms with van der Waals surface area (Å²) in [5, 5.41) is 31.5. The first kappa shape index (κ1) is 27.5. The number of anilines is 2. The first-order chi connectivity index (χ1) is 21.0. The van der Waals surface area contributed by atoms with E-state index in [1.165, 1.54) is 0 Å². The molecule has 1 unspecified atom stereocenters. The van der Waals surface area contributed by atoms with Crippen LogP contribution in [0.15, 0.2) is 36.7 Å². The number of amides is 2. The predicted molar refractivity (Wildman–Crippen MR) is 164 cm³/mol. The van der Waals surface area contributed by atoms with Gasteiger partial charge in [0.15, 0.2) is 5.01 Å². The average molecular weight is 599 g/mol. The number of urea groups is 1. The van der Waals surface area contributed by atoms with Gasteiger partial charge >= 0.3 is 6.03 Å². The van der Waals surface area contributed by atoms with E-state index in [1.807, 2.05) is 35.4 Å². The molecule has 0 spiro atoms. The van der Waals surface area contributed by atoms with Crippen molar-refractivity contribution in [2.45, 2.75) is 38.8 Å². The highest BCUT2D eigenvalue weighted by Crippen LogP contribution is 2.41. The molecule has 2 amide bonds. The fourth-order valence-electron chi connectivity index (χ4n) is 6.52. The van der Waals surface area contributed by atoms with E-state index in [2.05, 4.69) is 50.7 Å². The number of rotatable bonds is 6. The van der Waals surface area contributed by atoms with E-state index in [0.717, 1.165) is 64.2 Å². The Bertz CT molecular complexity index is 1670. The Morgan fingerprint density at radius 1 is 1.12 bits per heavy atom. The number of nitriles is 1. The highest BCUT2D eigenvalue weighted by molar-refractivity contribution is 7.18. The van der Waals surface area contributed by atoms with E-state index in [1.54, 1.807) is 22.0 Å². The predicted octanol–water partition coefficient (Wildman–Crippen LogP) is 3.86. The molecular formula is C30H34N10O2S. The van der Waals surface area contributed by atoms with Gasteiger partial charge in [-0.1, -0.05) is 11.3 Å². The van der Waals surface area contributed by atoms with Gasteiger partial charge in [0, 0.05) is 50.1 Å². The van der Waals surface area contributed by atoms with E-state index in [0.29, 0.717) is 43.7 Å². The maximum absolute atomic E-state index is 12.9. The molecule has 2 bridgehead atoms. The Kier molecular flexibility index (Phi) is 7.32. The maximum Gasteiger partial charge on any atom is 0.317 e. The minimum atomic E-state index is 0.0359. The Balaban J connectivity index is 1.10. The molecule has 2 aliphatic heterocycles. The van der Waals surface area contributed by atoms with Crippen LogP contribution in [-0.2, 0) is 4.74 Å².